The van der Waals surface area contributed by atoms with E-state index in [0.29, 0.717) is 42.4 Å². The van der Waals surface area contributed by atoms with Crippen LogP contribution in [0.15, 0.2) is 23.2 Å². The lowest BCUT2D eigenvalue weighted by molar-refractivity contribution is -0.116. The lowest BCUT2D eigenvalue weighted by Crippen LogP contribution is -2.49. The molecule has 2 rings (SSSR count). The van der Waals surface area contributed by atoms with Gasteiger partial charge in [0.1, 0.15) is 11.4 Å². The molecule has 0 aromatic heterocycles. The second-order valence-electron chi connectivity index (χ2n) is 7.67. The largest absolute Gasteiger partial charge is 0.507 e. The number of benzene rings is 1. The van der Waals surface area contributed by atoms with Crippen molar-refractivity contribution < 1.29 is 40.6 Å². The molecule has 14 heteroatoms. The van der Waals surface area contributed by atoms with E-state index in [1.165, 1.54) is 38.1 Å². The number of thioether (sulfide) groups is 1. The standard InChI is InChI=1S/C21H32N4O5S.ClH.3H2O/c1-12(2)24(13(3)4)7-8-25-15(19(22)27)11-31-21(25)23-20(28)14-9-17(29-5)18(30-6)10-16(14)26;;;;/h9-13,21,26H,7-8H2,1-6H3,(H2,22,27)(H,23,28);1H;3*1H2. The van der Waals surface area contributed by atoms with Gasteiger partial charge in [-0.1, -0.05) is 11.8 Å². The van der Waals surface area contributed by atoms with Crippen LogP contribution in [0.3, 0.4) is 0 Å². The summed E-state index contributed by atoms with van der Waals surface area (Å²) in [5.74, 6) is -0.669. The Labute approximate surface area is 216 Å². The topological polar surface area (TPSA) is 212 Å². The van der Waals surface area contributed by atoms with Crippen molar-refractivity contribution in [3.05, 3.63) is 28.8 Å². The number of rotatable bonds is 10. The fraction of sp³-hybridized carbons (Fsp3) is 0.524. The van der Waals surface area contributed by atoms with Gasteiger partial charge in [-0.25, -0.2) is 0 Å². The van der Waals surface area contributed by atoms with Crippen molar-refractivity contribution in [3.8, 4) is 17.2 Å². The SMILES string of the molecule is COc1cc(O)c(C(=O)NC2SC=C(C(N)=O)N2CCN(C(C)C)C(C)C)cc1OC.Cl.O.O.O. The molecule has 0 aliphatic carbocycles. The number of phenols is 1. The van der Waals surface area contributed by atoms with Gasteiger partial charge in [0.15, 0.2) is 17.0 Å². The number of methoxy groups -OCH3 is 2. The summed E-state index contributed by atoms with van der Waals surface area (Å²) in [6, 6.07) is 3.39. The van der Waals surface area contributed by atoms with E-state index in [1.54, 1.807) is 10.3 Å². The molecule has 1 aliphatic heterocycles. The first-order valence-corrected chi connectivity index (χ1v) is 11.0. The zero-order chi connectivity index (χ0) is 23.3. The predicted molar refractivity (Wildman–Crippen MR) is 139 cm³/mol. The maximum Gasteiger partial charge on any atom is 0.265 e. The van der Waals surface area contributed by atoms with Crippen molar-refractivity contribution in [2.24, 2.45) is 5.73 Å². The fourth-order valence-electron chi connectivity index (χ4n) is 3.52. The molecule has 35 heavy (non-hydrogen) atoms. The number of nitrogens with one attached hydrogen (secondary N) is 1. The van der Waals surface area contributed by atoms with Gasteiger partial charge in [-0.15, -0.1) is 12.4 Å². The van der Waals surface area contributed by atoms with E-state index in [4.69, 9.17) is 15.2 Å². The van der Waals surface area contributed by atoms with Crippen LogP contribution in [0.25, 0.3) is 0 Å². The highest BCUT2D eigenvalue weighted by atomic mass is 35.5. The molecule has 0 saturated heterocycles. The van der Waals surface area contributed by atoms with Crippen LogP contribution in [0.4, 0.5) is 0 Å². The van der Waals surface area contributed by atoms with Crippen LogP contribution in [0.2, 0.25) is 0 Å². The molecule has 12 nitrogen and oxygen atoms in total. The summed E-state index contributed by atoms with van der Waals surface area (Å²) in [4.78, 5) is 28.9. The summed E-state index contributed by atoms with van der Waals surface area (Å²) in [6.45, 7) is 9.64. The number of phenolic OH excluding ortho intramolecular Hbond substituents is 1. The average Bonchev–Trinajstić information content (AvgIpc) is 3.09. The summed E-state index contributed by atoms with van der Waals surface area (Å²) >= 11 is 1.28. The van der Waals surface area contributed by atoms with E-state index < -0.39 is 17.3 Å². The third-order valence-corrected chi connectivity index (χ3v) is 6.07. The first-order chi connectivity index (χ1) is 14.6. The van der Waals surface area contributed by atoms with E-state index in [0.717, 1.165) is 0 Å². The summed E-state index contributed by atoms with van der Waals surface area (Å²) < 4.78 is 10.4. The molecule has 0 spiro atoms. The molecule has 0 bridgehead atoms. The van der Waals surface area contributed by atoms with Crippen molar-refractivity contribution in [2.45, 2.75) is 45.3 Å². The van der Waals surface area contributed by atoms with Gasteiger partial charge in [0.2, 0.25) is 0 Å². The number of nitrogens with two attached hydrogens (primary N) is 1. The molecular weight excluding hydrogens is 504 g/mol. The minimum Gasteiger partial charge on any atom is -0.507 e. The van der Waals surface area contributed by atoms with E-state index in [1.807, 2.05) is 0 Å². The van der Waals surface area contributed by atoms with Crippen LogP contribution in [0.1, 0.15) is 38.1 Å². The van der Waals surface area contributed by atoms with E-state index in [9.17, 15) is 14.7 Å². The minimum absolute atomic E-state index is 0. The molecule has 2 amide bonds. The van der Waals surface area contributed by atoms with Crippen LogP contribution in [0, 0.1) is 0 Å². The number of halogens is 1. The Kier molecular flexibility index (Phi) is 17.3. The molecule has 0 saturated carbocycles. The molecular formula is C21H39ClN4O8S. The molecule has 1 aromatic carbocycles. The quantitative estimate of drug-likeness (QED) is 0.361. The summed E-state index contributed by atoms with van der Waals surface area (Å²) in [5.41, 5.74) is 5.40. The molecule has 1 aromatic rings. The number of carbonyl (C=O) groups excluding carboxylic acids is 2. The number of amides is 2. The molecule has 10 N–H and O–H groups in total. The Morgan fingerprint density at radius 2 is 1.63 bits per heavy atom. The van der Waals surface area contributed by atoms with Crippen molar-refractivity contribution in [1.29, 1.82) is 0 Å². The molecule has 1 atom stereocenters. The monoisotopic (exact) mass is 542 g/mol. The molecule has 1 heterocycles. The molecule has 1 unspecified atom stereocenters. The maximum atomic E-state index is 12.9. The fourth-order valence-corrected chi connectivity index (χ4v) is 4.57. The van der Waals surface area contributed by atoms with Gasteiger partial charge < -0.3 is 47.0 Å². The third-order valence-electron chi connectivity index (χ3n) is 5.08. The molecule has 0 radical (unpaired) electrons. The Morgan fingerprint density at radius 3 is 2.09 bits per heavy atom. The highest BCUT2D eigenvalue weighted by molar-refractivity contribution is 8.02. The van der Waals surface area contributed by atoms with Crippen molar-refractivity contribution in [2.75, 3.05) is 27.3 Å². The highest BCUT2D eigenvalue weighted by Crippen LogP contribution is 2.35. The molecule has 1 aliphatic rings. The average molecular weight is 543 g/mol. The molecule has 0 fully saturated rings. The van der Waals surface area contributed by atoms with E-state index in [2.05, 4.69) is 37.9 Å². The van der Waals surface area contributed by atoms with Gasteiger partial charge in [-0.2, -0.15) is 0 Å². The van der Waals surface area contributed by atoms with Gasteiger partial charge in [0, 0.05) is 42.7 Å². The Hall–Kier alpha value is -2.42. The molecule has 204 valence electrons. The first-order valence-electron chi connectivity index (χ1n) is 10.0. The smallest absolute Gasteiger partial charge is 0.265 e. The second kappa shape index (κ2) is 16.3. The Balaban J connectivity index is -0.00000256. The number of primary amides is 1. The lowest BCUT2D eigenvalue weighted by atomic mass is 10.1. The summed E-state index contributed by atoms with van der Waals surface area (Å²) in [7, 11) is 2.89. The van der Waals surface area contributed by atoms with Crippen molar-refractivity contribution >= 4 is 36.0 Å². The normalized spacial score (nSPS) is 14.3. The Bertz CT molecular complexity index is 849. The van der Waals surface area contributed by atoms with Crippen LogP contribution in [-0.2, 0) is 4.79 Å². The zero-order valence-electron chi connectivity index (χ0n) is 20.7. The van der Waals surface area contributed by atoms with Crippen LogP contribution in [-0.4, -0.2) is 88.0 Å². The van der Waals surface area contributed by atoms with Crippen LogP contribution in [0.5, 0.6) is 17.2 Å². The van der Waals surface area contributed by atoms with Gasteiger partial charge in [0.25, 0.3) is 11.8 Å². The van der Waals surface area contributed by atoms with Gasteiger partial charge in [-0.05, 0) is 27.7 Å². The van der Waals surface area contributed by atoms with Gasteiger partial charge >= 0.3 is 0 Å². The Morgan fingerprint density at radius 1 is 1.11 bits per heavy atom. The van der Waals surface area contributed by atoms with E-state index >= 15 is 0 Å². The van der Waals surface area contributed by atoms with Crippen LogP contribution >= 0.6 is 24.2 Å². The van der Waals surface area contributed by atoms with E-state index in [-0.39, 0.29) is 40.1 Å². The second-order valence-corrected chi connectivity index (χ2v) is 8.63. The zero-order valence-corrected chi connectivity index (χ0v) is 22.4. The lowest BCUT2D eigenvalue weighted by Gasteiger charge is -2.35. The van der Waals surface area contributed by atoms with Gasteiger partial charge in [-0.3, -0.25) is 14.5 Å². The predicted octanol–water partition coefficient (Wildman–Crippen LogP) is -0.135. The van der Waals surface area contributed by atoms with Gasteiger partial charge in [0.05, 0.1) is 19.8 Å². The van der Waals surface area contributed by atoms with Crippen LogP contribution < -0.4 is 20.5 Å². The number of nitrogens with zero attached hydrogens (tertiary/aromatic N) is 2. The number of hydrogen-bond donors (Lipinski definition) is 3. The minimum atomic E-state index is -0.557. The number of hydrogen-bond acceptors (Lipinski definition) is 8. The number of aromatic hydroxyl groups is 1. The van der Waals surface area contributed by atoms with Crippen molar-refractivity contribution in [1.82, 2.24) is 15.1 Å². The number of carbonyl (C=O) groups is 2. The first kappa shape index (κ1) is 37.1. The summed E-state index contributed by atoms with van der Waals surface area (Å²) in [5, 5.41) is 14.8. The highest BCUT2D eigenvalue weighted by Gasteiger charge is 2.32. The summed E-state index contributed by atoms with van der Waals surface area (Å²) in [6.07, 6.45) is 0. The maximum absolute atomic E-state index is 12.9. The number of ether oxygens (including phenoxy) is 2. The van der Waals surface area contributed by atoms with Crippen molar-refractivity contribution in [3.63, 3.8) is 0 Å². The third kappa shape index (κ3) is 8.94.